The molecule has 1 N–H and O–H groups in total. The van der Waals surface area contributed by atoms with Crippen LogP contribution in [0.15, 0.2) is 89.7 Å². The Balaban J connectivity index is 1.92. The topological polar surface area (TPSA) is 49.9 Å². The van der Waals surface area contributed by atoms with E-state index < -0.39 is 0 Å². The zero-order valence-corrected chi connectivity index (χ0v) is 13.4. The van der Waals surface area contributed by atoms with Crippen LogP contribution in [-0.4, -0.2) is 10.8 Å². The molecule has 0 amide bonds. The van der Waals surface area contributed by atoms with Crippen molar-refractivity contribution in [2.24, 2.45) is 0 Å². The van der Waals surface area contributed by atoms with E-state index in [0.29, 0.717) is 11.1 Å². The molecule has 0 saturated carbocycles. The Morgan fingerprint density at radius 1 is 0.720 bits per heavy atom. The smallest absolute Gasteiger partial charge is 0.249 e. The molecule has 0 radical (unpaired) electrons. The van der Waals surface area contributed by atoms with Crippen molar-refractivity contribution in [2.75, 3.05) is 0 Å². The maximum Gasteiger partial charge on any atom is 0.249 e. The Labute approximate surface area is 144 Å². The summed E-state index contributed by atoms with van der Waals surface area (Å²) < 4.78 is 0. The first-order valence-electron chi connectivity index (χ1n) is 8.04. The third kappa shape index (κ3) is 2.88. The number of pyridine rings is 1. The van der Waals surface area contributed by atoms with Crippen molar-refractivity contribution >= 4 is 16.7 Å². The van der Waals surface area contributed by atoms with Gasteiger partial charge in [0.05, 0.1) is 0 Å². The van der Waals surface area contributed by atoms with Crippen LogP contribution in [0.3, 0.4) is 0 Å². The number of nitrogens with one attached hydrogen (secondary N) is 1. The van der Waals surface area contributed by atoms with Crippen molar-refractivity contribution in [3.63, 3.8) is 0 Å². The molecular formula is C22H15NO2. The van der Waals surface area contributed by atoms with Gasteiger partial charge in [-0.25, -0.2) is 0 Å². The number of rotatable bonds is 3. The number of benzene rings is 3. The van der Waals surface area contributed by atoms with E-state index in [2.05, 4.69) is 4.98 Å². The molecule has 0 aliphatic heterocycles. The fourth-order valence-electron chi connectivity index (χ4n) is 3.01. The van der Waals surface area contributed by atoms with Crippen LogP contribution < -0.4 is 5.56 Å². The van der Waals surface area contributed by atoms with Crippen LogP contribution in [0.4, 0.5) is 0 Å². The van der Waals surface area contributed by atoms with Crippen molar-refractivity contribution in [1.82, 2.24) is 4.98 Å². The molecule has 1 heterocycles. The Morgan fingerprint density at radius 3 is 2.12 bits per heavy atom. The lowest BCUT2D eigenvalue weighted by molar-refractivity contribution is 0.103. The molecule has 0 fully saturated rings. The van der Waals surface area contributed by atoms with Gasteiger partial charge in [-0.05, 0) is 29.3 Å². The molecule has 3 nitrogen and oxygen atoms in total. The highest BCUT2D eigenvalue weighted by molar-refractivity contribution is 6.11. The van der Waals surface area contributed by atoms with Crippen LogP contribution in [0.5, 0.6) is 0 Å². The van der Waals surface area contributed by atoms with Gasteiger partial charge in [-0.1, -0.05) is 60.7 Å². The second kappa shape index (κ2) is 6.21. The van der Waals surface area contributed by atoms with Crippen molar-refractivity contribution < 1.29 is 4.79 Å². The number of aromatic amines is 1. The highest BCUT2D eigenvalue weighted by Crippen LogP contribution is 2.27. The number of carbonyl (C=O) groups is 1. The largest absolute Gasteiger partial charge is 0.322 e. The fourth-order valence-corrected chi connectivity index (χ4v) is 3.01. The molecule has 4 aromatic rings. The van der Waals surface area contributed by atoms with Gasteiger partial charge in [0.15, 0.2) is 5.78 Å². The summed E-state index contributed by atoms with van der Waals surface area (Å²) in [6, 6.07) is 25.9. The zero-order valence-electron chi connectivity index (χ0n) is 13.4. The van der Waals surface area contributed by atoms with Gasteiger partial charge in [-0.3, -0.25) is 9.59 Å². The van der Waals surface area contributed by atoms with Crippen LogP contribution in [-0.2, 0) is 0 Å². The molecule has 0 saturated heterocycles. The van der Waals surface area contributed by atoms with Crippen LogP contribution >= 0.6 is 0 Å². The second-order valence-electron chi connectivity index (χ2n) is 5.87. The molecule has 0 aliphatic rings. The number of hydrogen-bond acceptors (Lipinski definition) is 2. The first kappa shape index (κ1) is 15.1. The van der Waals surface area contributed by atoms with Crippen LogP contribution in [0.2, 0.25) is 0 Å². The average molecular weight is 325 g/mol. The van der Waals surface area contributed by atoms with Crippen LogP contribution in [0.1, 0.15) is 15.9 Å². The van der Waals surface area contributed by atoms with E-state index in [9.17, 15) is 9.59 Å². The first-order valence-corrected chi connectivity index (χ1v) is 8.04. The number of hydrogen-bond donors (Lipinski definition) is 1. The summed E-state index contributed by atoms with van der Waals surface area (Å²) in [7, 11) is 0. The molecule has 0 aliphatic carbocycles. The lowest BCUT2D eigenvalue weighted by atomic mass is 9.97. The predicted molar refractivity (Wildman–Crippen MR) is 99.9 cm³/mol. The Bertz CT molecular complexity index is 1110. The van der Waals surface area contributed by atoms with Gasteiger partial charge in [-0.15, -0.1) is 0 Å². The van der Waals surface area contributed by atoms with E-state index in [1.807, 2.05) is 54.6 Å². The molecule has 0 unspecified atom stereocenters. The molecule has 25 heavy (non-hydrogen) atoms. The van der Waals surface area contributed by atoms with E-state index >= 15 is 0 Å². The van der Waals surface area contributed by atoms with Gasteiger partial charge in [0.25, 0.3) is 0 Å². The number of ketones is 1. The first-order chi connectivity index (χ1) is 12.2. The van der Waals surface area contributed by atoms with E-state index in [1.165, 1.54) is 0 Å². The quantitative estimate of drug-likeness (QED) is 0.567. The van der Waals surface area contributed by atoms with Gasteiger partial charge >= 0.3 is 0 Å². The minimum absolute atomic E-state index is 0.0345. The summed E-state index contributed by atoms with van der Waals surface area (Å²) in [5.74, 6) is -0.0345. The predicted octanol–water partition coefficient (Wildman–Crippen LogP) is 4.43. The standard InChI is InChI=1S/C22H15NO2/c24-21-14-18(15-7-3-1-4-8-15)19-13-17(11-12-20(19)23-21)22(25)16-9-5-2-6-10-16/h1-14H,(H,23,24). The zero-order chi connectivity index (χ0) is 17.2. The molecule has 3 aromatic carbocycles. The monoisotopic (exact) mass is 325 g/mol. The molecule has 120 valence electrons. The maximum atomic E-state index is 12.7. The summed E-state index contributed by atoms with van der Waals surface area (Å²) in [5, 5.41) is 0.854. The Kier molecular flexibility index (Phi) is 3.75. The van der Waals surface area contributed by atoms with Gasteiger partial charge in [0.2, 0.25) is 5.56 Å². The summed E-state index contributed by atoms with van der Waals surface area (Å²) in [6.07, 6.45) is 0. The highest BCUT2D eigenvalue weighted by Gasteiger charge is 2.12. The molecule has 0 spiro atoms. The minimum atomic E-state index is -0.159. The summed E-state index contributed by atoms with van der Waals surface area (Å²) in [5.41, 5.74) is 3.57. The lowest BCUT2D eigenvalue weighted by Crippen LogP contribution is -2.06. The minimum Gasteiger partial charge on any atom is -0.322 e. The average Bonchev–Trinajstić information content (AvgIpc) is 2.68. The van der Waals surface area contributed by atoms with Crippen LogP contribution in [0, 0.1) is 0 Å². The molecule has 1 aromatic heterocycles. The maximum absolute atomic E-state index is 12.7. The molecular weight excluding hydrogens is 310 g/mol. The van der Waals surface area contributed by atoms with Gasteiger partial charge in [0, 0.05) is 28.1 Å². The van der Waals surface area contributed by atoms with E-state index in [1.54, 1.807) is 30.3 Å². The molecule has 4 rings (SSSR count). The number of H-pyrrole nitrogens is 1. The number of carbonyl (C=O) groups excluding carboxylic acids is 1. The highest BCUT2D eigenvalue weighted by atomic mass is 16.1. The van der Waals surface area contributed by atoms with Gasteiger partial charge in [-0.2, -0.15) is 0 Å². The van der Waals surface area contributed by atoms with E-state index in [4.69, 9.17) is 0 Å². The van der Waals surface area contributed by atoms with Crippen molar-refractivity contribution in [1.29, 1.82) is 0 Å². The Hall–Kier alpha value is -3.46. The lowest BCUT2D eigenvalue weighted by Gasteiger charge is -2.09. The number of fused-ring (bicyclic) bond motifs is 1. The Morgan fingerprint density at radius 2 is 1.40 bits per heavy atom. The SMILES string of the molecule is O=C(c1ccccc1)c1ccc2[nH]c(=O)cc(-c3ccccc3)c2c1. The normalized spacial score (nSPS) is 10.7. The fraction of sp³-hybridized carbons (Fsp3) is 0. The second-order valence-corrected chi connectivity index (χ2v) is 5.87. The third-order valence-corrected chi connectivity index (χ3v) is 4.23. The molecule has 3 heteroatoms. The molecule has 0 bridgehead atoms. The van der Waals surface area contributed by atoms with Crippen molar-refractivity contribution in [3.05, 3.63) is 106 Å². The molecule has 0 atom stereocenters. The van der Waals surface area contributed by atoms with Gasteiger partial charge in [0.1, 0.15) is 0 Å². The van der Waals surface area contributed by atoms with Crippen molar-refractivity contribution in [3.8, 4) is 11.1 Å². The summed E-state index contributed by atoms with van der Waals surface area (Å²) in [6.45, 7) is 0. The number of aromatic nitrogens is 1. The van der Waals surface area contributed by atoms with E-state index in [-0.39, 0.29) is 11.3 Å². The van der Waals surface area contributed by atoms with E-state index in [0.717, 1.165) is 22.0 Å². The summed E-state index contributed by atoms with van der Waals surface area (Å²) >= 11 is 0. The van der Waals surface area contributed by atoms with Gasteiger partial charge < -0.3 is 4.98 Å². The summed E-state index contributed by atoms with van der Waals surface area (Å²) in [4.78, 5) is 27.6. The van der Waals surface area contributed by atoms with Crippen LogP contribution in [0.25, 0.3) is 22.0 Å². The van der Waals surface area contributed by atoms with Crippen molar-refractivity contribution in [2.45, 2.75) is 0 Å². The third-order valence-electron chi connectivity index (χ3n) is 4.23.